The average Bonchev–Trinajstić information content (AvgIpc) is 2.56. The van der Waals surface area contributed by atoms with Crippen LogP contribution in [0.5, 0.6) is 0 Å². The molecule has 1 aliphatic carbocycles. The van der Waals surface area contributed by atoms with Gasteiger partial charge in [0.1, 0.15) is 0 Å². The third kappa shape index (κ3) is 1.33. The highest BCUT2D eigenvalue weighted by atomic mass is 16.1. The van der Waals surface area contributed by atoms with Crippen LogP contribution in [0, 0.1) is 0 Å². The second-order valence-electron chi connectivity index (χ2n) is 3.06. The standard InChI is InChI=1S/C10H11NO/c12-10-7-9(5-6-11-10)8-3-1-2-4-8/h3,5-7H,1-2,4H2,(H,11,12). The molecule has 2 nitrogen and oxygen atoms in total. The maximum absolute atomic E-state index is 11.0. The number of hydrogen-bond donors (Lipinski definition) is 1. The van der Waals surface area contributed by atoms with Crippen LogP contribution in [0.2, 0.25) is 0 Å². The van der Waals surface area contributed by atoms with Gasteiger partial charge in [-0.2, -0.15) is 0 Å². The summed E-state index contributed by atoms with van der Waals surface area (Å²) in [5.74, 6) is 0. The molecular weight excluding hydrogens is 150 g/mol. The summed E-state index contributed by atoms with van der Waals surface area (Å²) in [6, 6.07) is 3.62. The molecule has 0 atom stereocenters. The van der Waals surface area contributed by atoms with E-state index < -0.39 is 0 Å². The van der Waals surface area contributed by atoms with Crippen molar-refractivity contribution in [3.05, 3.63) is 40.3 Å². The molecule has 0 unspecified atom stereocenters. The smallest absolute Gasteiger partial charge is 0.248 e. The maximum atomic E-state index is 11.0. The van der Waals surface area contributed by atoms with E-state index >= 15 is 0 Å². The van der Waals surface area contributed by atoms with Crippen molar-refractivity contribution in [3.63, 3.8) is 0 Å². The first kappa shape index (κ1) is 7.35. The second kappa shape index (κ2) is 2.97. The predicted molar refractivity (Wildman–Crippen MR) is 48.9 cm³/mol. The van der Waals surface area contributed by atoms with Gasteiger partial charge in [-0.25, -0.2) is 0 Å². The maximum Gasteiger partial charge on any atom is 0.248 e. The number of pyridine rings is 1. The summed E-state index contributed by atoms with van der Waals surface area (Å²) >= 11 is 0. The lowest BCUT2D eigenvalue weighted by Crippen LogP contribution is -2.03. The van der Waals surface area contributed by atoms with Gasteiger partial charge in [0.15, 0.2) is 0 Å². The van der Waals surface area contributed by atoms with E-state index in [1.807, 2.05) is 6.07 Å². The molecule has 0 aromatic carbocycles. The SMILES string of the molecule is O=c1cc(C2=CCCC2)cc[nH]1. The number of H-pyrrole nitrogens is 1. The number of hydrogen-bond acceptors (Lipinski definition) is 1. The van der Waals surface area contributed by atoms with Crippen molar-refractivity contribution >= 4 is 5.57 Å². The minimum atomic E-state index is -0.0136. The van der Waals surface area contributed by atoms with Crippen molar-refractivity contribution in [2.24, 2.45) is 0 Å². The molecule has 0 spiro atoms. The van der Waals surface area contributed by atoms with E-state index in [-0.39, 0.29) is 5.56 Å². The Morgan fingerprint density at radius 2 is 2.33 bits per heavy atom. The molecule has 2 heteroatoms. The minimum absolute atomic E-state index is 0.0136. The molecular formula is C10H11NO. The zero-order chi connectivity index (χ0) is 8.39. The zero-order valence-corrected chi connectivity index (χ0v) is 6.84. The largest absolute Gasteiger partial charge is 0.329 e. The Hall–Kier alpha value is -1.31. The Morgan fingerprint density at radius 3 is 3.00 bits per heavy atom. The molecule has 1 aliphatic rings. The van der Waals surface area contributed by atoms with E-state index in [1.165, 1.54) is 12.0 Å². The van der Waals surface area contributed by atoms with Crippen LogP contribution in [0.25, 0.3) is 5.57 Å². The third-order valence-electron chi connectivity index (χ3n) is 2.19. The van der Waals surface area contributed by atoms with Crippen LogP contribution in [0.1, 0.15) is 24.8 Å². The molecule has 62 valence electrons. The van der Waals surface area contributed by atoms with Gasteiger partial charge in [0.25, 0.3) is 0 Å². The monoisotopic (exact) mass is 161 g/mol. The first-order valence-corrected chi connectivity index (χ1v) is 4.24. The molecule has 0 radical (unpaired) electrons. The normalized spacial score (nSPS) is 16.2. The van der Waals surface area contributed by atoms with Crippen molar-refractivity contribution in [2.75, 3.05) is 0 Å². The fourth-order valence-corrected chi connectivity index (χ4v) is 1.58. The lowest BCUT2D eigenvalue weighted by atomic mass is 10.1. The van der Waals surface area contributed by atoms with E-state index in [0.717, 1.165) is 18.4 Å². The molecule has 0 bridgehead atoms. The van der Waals surface area contributed by atoms with E-state index in [2.05, 4.69) is 11.1 Å². The van der Waals surface area contributed by atoms with Crippen LogP contribution >= 0.6 is 0 Å². The van der Waals surface area contributed by atoms with Gasteiger partial charge in [0, 0.05) is 12.3 Å². The Balaban J connectivity index is 2.39. The highest BCUT2D eigenvalue weighted by Crippen LogP contribution is 2.25. The fraction of sp³-hybridized carbons (Fsp3) is 0.300. The highest BCUT2D eigenvalue weighted by molar-refractivity contribution is 5.66. The fourth-order valence-electron chi connectivity index (χ4n) is 1.58. The molecule has 0 aliphatic heterocycles. The molecule has 0 amide bonds. The zero-order valence-electron chi connectivity index (χ0n) is 6.84. The van der Waals surface area contributed by atoms with Crippen molar-refractivity contribution in [1.29, 1.82) is 0 Å². The summed E-state index contributed by atoms with van der Waals surface area (Å²) in [7, 11) is 0. The molecule has 1 heterocycles. The average molecular weight is 161 g/mol. The summed E-state index contributed by atoms with van der Waals surface area (Å²) in [4.78, 5) is 13.6. The predicted octanol–water partition coefficient (Wildman–Crippen LogP) is 1.94. The summed E-state index contributed by atoms with van der Waals surface area (Å²) in [6.45, 7) is 0. The van der Waals surface area contributed by atoms with E-state index in [0.29, 0.717) is 0 Å². The lowest BCUT2D eigenvalue weighted by Gasteiger charge is -1.98. The van der Waals surface area contributed by atoms with Crippen LogP contribution < -0.4 is 5.56 Å². The Bertz CT molecular complexity index is 362. The number of aromatic nitrogens is 1. The van der Waals surface area contributed by atoms with Crippen LogP contribution in [0.4, 0.5) is 0 Å². The van der Waals surface area contributed by atoms with Crippen molar-refractivity contribution in [2.45, 2.75) is 19.3 Å². The summed E-state index contributed by atoms with van der Waals surface area (Å²) < 4.78 is 0. The number of rotatable bonds is 1. The summed E-state index contributed by atoms with van der Waals surface area (Å²) in [5.41, 5.74) is 2.39. The molecule has 1 N–H and O–H groups in total. The van der Waals surface area contributed by atoms with Gasteiger partial charge < -0.3 is 4.98 Å². The highest BCUT2D eigenvalue weighted by Gasteiger charge is 2.06. The molecule has 0 saturated heterocycles. The van der Waals surface area contributed by atoms with Crippen LogP contribution in [-0.2, 0) is 0 Å². The molecule has 0 fully saturated rings. The minimum Gasteiger partial charge on any atom is -0.329 e. The third-order valence-corrected chi connectivity index (χ3v) is 2.19. The van der Waals surface area contributed by atoms with Gasteiger partial charge in [-0.05, 0) is 36.5 Å². The first-order chi connectivity index (χ1) is 5.86. The first-order valence-electron chi connectivity index (χ1n) is 4.24. The molecule has 12 heavy (non-hydrogen) atoms. The van der Waals surface area contributed by atoms with Crippen LogP contribution in [-0.4, -0.2) is 4.98 Å². The molecule has 0 saturated carbocycles. The van der Waals surface area contributed by atoms with Crippen molar-refractivity contribution in [1.82, 2.24) is 4.98 Å². The topological polar surface area (TPSA) is 32.9 Å². The number of aromatic amines is 1. The van der Waals surface area contributed by atoms with Gasteiger partial charge in [-0.15, -0.1) is 0 Å². The lowest BCUT2D eigenvalue weighted by molar-refractivity contribution is 0.935. The second-order valence-corrected chi connectivity index (χ2v) is 3.06. The van der Waals surface area contributed by atoms with Crippen LogP contribution in [0.15, 0.2) is 29.2 Å². The number of nitrogens with one attached hydrogen (secondary N) is 1. The molecule has 2 rings (SSSR count). The van der Waals surface area contributed by atoms with Gasteiger partial charge in [0.05, 0.1) is 0 Å². The van der Waals surface area contributed by atoms with Gasteiger partial charge >= 0.3 is 0 Å². The number of allylic oxidation sites excluding steroid dienone is 2. The van der Waals surface area contributed by atoms with Gasteiger partial charge in [-0.1, -0.05) is 6.08 Å². The van der Waals surface area contributed by atoms with Crippen LogP contribution in [0.3, 0.4) is 0 Å². The Kier molecular flexibility index (Phi) is 1.82. The summed E-state index contributed by atoms with van der Waals surface area (Å²) in [5, 5.41) is 0. The van der Waals surface area contributed by atoms with Crippen molar-refractivity contribution in [3.8, 4) is 0 Å². The summed E-state index contributed by atoms with van der Waals surface area (Å²) in [6.07, 6.45) is 7.42. The quantitative estimate of drug-likeness (QED) is 0.670. The molecule has 1 aromatic rings. The van der Waals surface area contributed by atoms with E-state index in [9.17, 15) is 4.79 Å². The van der Waals surface area contributed by atoms with Gasteiger partial charge in [-0.3, -0.25) is 4.79 Å². The van der Waals surface area contributed by atoms with Gasteiger partial charge in [0.2, 0.25) is 5.56 Å². The Labute approximate surface area is 70.9 Å². The van der Waals surface area contributed by atoms with E-state index in [1.54, 1.807) is 12.3 Å². The molecule has 1 aromatic heterocycles. The van der Waals surface area contributed by atoms with E-state index in [4.69, 9.17) is 0 Å². The Morgan fingerprint density at radius 1 is 1.42 bits per heavy atom. The van der Waals surface area contributed by atoms with Crippen molar-refractivity contribution < 1.29 is 0 Å².